The smallest absolute Gasteiger partial charge is 0.329 e. The molecule has 0 saturated carbocycles. The Bertz CT molecular complexity index is 522. The molecule has 0 atom stereocenters. The van der Waals surface area contributed by atoms with Crippen LogP contribution in [0.4, 0.5) is 5.69 Å². The highest BCUT2D eigenvalue weighted by Gasteiger charge is 2.42. The van der Waals surface area contributed by atoms with E-state index in [4.69, 9.17) is 4.74 Å². The third-order valence-electron chi connectivity index (χ3n) is 3.04. The van der Waals surface area contributed by atoms with Crippen molar-refractivity contribution in [2.24, 2.45) is 0 Å². The summed E-state index contributed by atoms with van der Waals surface area (Å²) in [6, 6.07) is 5.34. The largest absolute Gasteiger partial charge is 0.482 e. The topological polar surface area (TPSA) is 66.8 Å². The number of carbonyl (C=O) groups excluding carboxylic acids is 1. The number of fused-ring (bicyclic) bond motifs is 1. The summed E-state index contributed by atoms with van der Waals surface area (Å²) >= 11 is 0. The highest BCUT2D eigenvalue weighted by atomic mass is 16.5. The molecule has 18 heavy (non-hydrogen) atoms. The van der Waals surface area contributed by atoms with Gasteiger partial charge >= 0.3 is 5.97 Å². The number of benzene rings is 1. The van der Waals surface area contributed by atoms with Crippen molar-refractivity contribution in [2.75, 3.05) is 11.5 Å². The molecule has 1 aromatic carbocycles. The van der Waals surface area contributed by atoms with Crippen molar-refractivity contribution < 1.29 is 19.4 Å². The maximum absolute atomic E-state index is 11.9. The number of nitrogens with zero attached hydrogens (tertiary/aromatic N) is 1. The van der Waals surface area contributed by atoms with Crippen molar-refractivity contribution in [3.8, 4) is 5.75 Å². The maximum atomic E-state index is 11.9. The molecule has 5 nitrogen and oxygen atoms in total. The van der Waals surface area contributed by atoms with E-state index in [9.17, 15) is 14.7 Å². The molecular formula is C13H15NO4. The molecule has 0 aromatic heterocycles. The van der Waals surface area contributed by atoms with Gasteiger partial charge in [0.1, 0.15) is 11.3 Å². The lowest BCUT2D eigenvalue weighted by Crippen LogP contribution is -2.56. The highest BCUT2D eigenvalue weighted by Crippen LogP contribution is 2.37. The molecule has 0 aliphatic carbocycles. The number of carboxylic acid groups (broad SMARTS) is 1. The third kappa shape index (κ3) is 1.81. The fourth-order valence-corrected chi connectivity index (χ4v) is 1.97. The molecule has 1 amide bonds. The normalized spacial score (nSPS) is 15.1. The van der Waals surface area contributed by atoms with Crippen LogP contribution in [0.15, 0.2) is 18.2 Å². The molecule has 0 fully saturated rings. The van der Waals surface area contributed by atoms with E-state index in [-0.39, 0.29) is 12.5 Å². The first-order valence-electron chi connectivity index (χ1n) is 5.64. The van der Waals surface area contributed by atoms with Gasteiger partial charge in [0.25, 0.3) is 5.91 Å². The summed E-state index contributed by atoms with van der Waals surface area (Å²) in [6.07, 6.45) is 0. The first-order valence-corrected chi connectivity index (χ1v) is 5.64. The van der Waals surface area contributed by atoms with E-state index in [0.717, 1.165) is 5.56 Å². The van der Waals surface area contributed by atoms with Crippen LogP contribution in [0.25, 0.3) is 0 Å². The number of rotatable bonds is 2. The zero-order chi connectivity index (χ0) is 13.5. The molecule has 0 bridgehead atoms. The predicted molar refractivity (Wildman–Crippen MR) is 65.9 cm³/mol. The molecule has 1 aromatic rings. The number of carboxylic acids is 1. The number of ether oxygens (including phenoxy) is 1. The van der Waals surface area contributed by atoms with Gasteiger partial charge in [-0.05, 0) is 38.5 Å². The van der Waals surface area contributed by atoms with E-state index in [0.29, 0.717) is 11.4 Å². The number of aryl methyl sites for hydroxylation is 1. The van der Waals surface area contributed by atoms with Crippen LogP contribution < -0.4 is 9.64 Å². The summed E-state index contributed by atoms with van der Waals surface area (Å²) in [7, 11) is 0. The summed E-state index contributed by atoms with van der Waals surface area (Å²) in [5.41, 5.74) is 0.200. The van der Waals surface area contributed by atoms with E-state index in [1.807, 2.05) is 13.0 Å². The van der Waals surface area contributed by atoms with Crippen LogP contribution in [0, 0.1) is 6.92 Å². The Morgan fingerprint density at radius 1 is 1.44 bits per heavy atom. The number of hydrogen-bond acceptors (Lipinski definition) is 3. The van der Waals surface area contributed by atoms with Gasteiger partial charge in [-0.15, -0.1) is 0 Å². The summed E-state index contributed by atoms with van der Waals surface area (Å²) in [6.45, 7) is 4.78. The minimum Gasteiger partial charge on any atom is -0.482 e. The lowest BCUT2D eigenvalue weighted by atomic mass is 10.00. The maximum Gasteiger partial charge on any atom is 0.329 e. The molecule has 0 saturated heterocycles. The number of amides is 1. The number of hydrogen-bond donors (Lipinski definition) is 1. The monoisotopic (exact) mass is 249 g/mol. The van der Waals surface area contributed by atoms with Crippen molar-refractivity contribution in [2.45, 2.75) is 26.3 Å². The molecule has 1 heterocycles. The number of aliphatic carboxylic acids is 1. The van der Waals surface area contributed by atoms with Gasteiger partial charge in [-0.25, -0.2) is 4.79 Å². The molecular weight excluding hydrogens is 234 g/mol. The average molecular weight is 249 g/mol. The van der Waals surface area contributed by atoms with Crippen LogP contribution in [0.2, 0.25) is 0 Å². The Labute approximate surface area is 105 Å². The Morgan fingerprint density at radius 3 is 2.72 bits per heavy atom. The van der Waals surface area contributed by atoms with Crippen LogP contribution in [0.3, 0.4) is 0 Å². The number of anilines is 1. The van der Waals surface area contributed by atoms with Crippen molar-refractivity contribution in [3.05, 3.63) is 23.8 Å². The van der Waals surface area contributed by atoms with Crippen LogP contribution in [0.1, 0.15) is 19.4 Å². The zero-order valence-electron chi connectivity index (χ0n) is 10.6. The van der Waals surface area contributed by atoms with E-state index in [1.54, 1.807) is 12.1 Å². The Morgan fingerprint density at radius 2 is 2.11 bits per heavy atom. The third-order valence-corrected chi connectivity index (χ3v) is 3.04. The van der Waals surface area contributed by atoms with Crippen molar-refractivity contribution >= 4 is 17.6 Å². The van der Waals surface area contributed by atoms with Gasteiger partial charge in [0.15, 0.2) is 6.61 Å². The van der Waals surface area contributed by atoms with Gasteiger partial charge < -0.3 is 9.84 Å². The first kappa shape index (κ1) is 12.4. The highest BCUT2D eigenvalue weighted by molar-refractivity contribution is 6.04. The van der Waals surface area contributed by atoms with Crippen molar-refractivity contribution in [1.29, 1.82) is 0 Å². The molecule has 0 radical (unpaired) electrons. The van der Waals surface area contributed by atoms with E-state index >= 15 is 0 Å². The quantitative estimate of drug-likeness (QED) is 0.864. The van der Waals surface area contributed by atoms with Crippen molar-refractivity contribution in [3.63, 3.8) is 0 Å². The van der Waals surface area contributed by atoms with Gasteiger partial charge in [-0.3, -0.25) is 9.69 Å². The van der Waals surface area contributed by atoms with Gasteiger partial charge in [0, 0.05) is 0 Å². The van der Waals surface area contributed by atoms with Crippen LogP contribution >= 0.6 is 0 Å². The molecule has 0 spiro atoms. The summed E-state index contributed by atoms with van der Waals surface area (Å²) in [4.78, 5) is 24.5. The second-order valence-corrected chi connectivity index (χ2v) is 4.85. The summed E-state index contributed by atoms with van der Waals surface area (Å²) < 4.78 is 5.34. The average Bonchev–Trinajstić information content (AvgIpc) is 2.28. The van der Waals surface area contributed by atoms with Crippen LogP contribution in [-0.2, 0) is 9.59 Å². The SMILES string of the molecule is Cc1ccc2c(c1)OCC(=O)N2C(C)(C)C(=O)O. The molecule has 5 heteroatoms. The Balaban J connectivity index is 2.55. The molecule has 96 valence electrons. The zero-order valence-corrected chi connectivity index (χ0v) is 10.6. The minimum atomic E-state index is -1.30. The van der Waals surface area contributed by atoms with Crippen molar-refractivity contribution in [1.82, 2.24) is 0 Å². The fourth-order valence-electron chi connectivity index (χ4n) is 1.97. The van der Waals surface area contributed by atoms with Crippen LogP contribution in [0.5, 0.6) is 5.75 Å². The lowest BCUT2D eigenvalue weighted by Gasteiger charge is -2.38. The van der Waals surface area contributed by atoms with Gasteiger partial charge in [-0.1, -0.05) is 6.07 Å². The minimum absolute atomic E-state index is 0.132. The molecule has 2 rings (SSSR count). The fraction of sp³-hybridized carbons (Fsp3) is 0.385. The summed E-state index contributed by atoms with van der Waals surface area (Å²) in [5, 5.41) is 9.26. The first-order chi connectivity index (χ1) is 8.34. The van der Waals surface area contributed by atoms with E-state index in [1.165, 1.54) is 18.7 Å². The van der Waals surface area contributed by atoms with E-state index in [2.05, 4.69) is 0 Å². The molecule has 1 aliphatic rings. The molecule has 1 aliphatic heterocycles. The second kappa shape index (κ2) is 4.01. The van der Waals surface area contributed by atoms with Gasteiger partial charge in [-0.2, -0.15) is 0 Å². The Hall–Kier alpha value is -2.04. The van der Waals surface area contributed by atoms with E-state index < -0.39 is 11.5 Å². The lowest BCUT2D eigenvalue weighted by molar-refractivity contribution is -0.144. The molecule has 1 N–H and O–H groups in total. The van der Waals surface area contributed by atoms with Gasteiger partial charge in [0.05, 0.1) is 5.69 Å². The second-order valence-electron chi connectivity index (χ2n) is 4.85. The standard InChI is InChI=1S/C13H15NO4/c1-8-4-5-9-10(6-8)18-7-11(15)14(9)13(2,3)12(16)17/h4-6H,7H2,1-3H3,(H,16,17). The predicted octanol–water partition coefficient (Wildman–Crippen LogP) is 1.58. The van der Waals surface area contributed by atoms with Gasteiger partial charge in [0.2, 0.25) is 0 Å². The van der Waals surface area contributed by atoms with Crippen LogP contribution in [-0.4, -0.2) is 29.1 Å². The number of carbonyl (C=O) groups is 2. The summed E-state index contributed by atoms with van der Waals surface area (Å²) in [5.74, 6) is -0.855. The Kier molecular flexibility index (Phi) is 2.77. The molecule has 0 unspecified atom stereocenters.